The first-order chi connectivity index (χ1) is 9.52. The van der Waals surface area contributed by atoms with E-state index in [-0.39, 0.29) is 4.90 Å². The maximum atomic E-state index is 12.1. The molecule has 7 nitrogen and oxygen atoms in total. The Labute approximate surface area is 131 Å². The Morgan fingerprint density at radius 1 is 0.545 bits per heavy atom. The number of hydrogen-bond donors (Lipinski definition) is 0. The minimum Gasteiger partial charge on any atom is -0.443 e. The zero-order chi connectivity index (χ0) is 17.9. The van der Waals surface area contributed by atoms with Gasteiger partial charge in [-0.15, -0.1) is 4.90 Å². The molecule has 0 aromatic rings. The first-order valence-corrected chi connectivity index (χ1v) is 7.01. The highest BCUT2D eigenvalue weighted by molar-refractivity contribution is 6.04. The maximum absolute atomic E-state index is 12.1. The van der Waals surface area contributed by atoms with E-state index in [4.69, 9.17) is 14.2 Å². The topological polar surface area (TPSA) is 82.1 Å². The van der Waals surface area contributed by atoms with Gasteiger partial charge in [0.25, 0.3) is 0 Å². The van der Waals surface area contributed by atoms with Crippen LogP contribution in [-0.2, 0) is 14.2 Å². The summed E-state index contributed by atoms with van der Waals surface area (Å²) in [5.41, 5.74) is -2.63. The molecule has 0 aliphatic rings. The molecule has 0 unspecified atom stereocenters. The fraction of sp³-hybridized carbons (Fsp3) is 0.800. The number of imide groups is 3. The van der Waals surface area contributed by atoms with E-state index in [0.29, 0.717) is 0 Å². The Morgan fingerprint density at radius 3 is 0.864 bits per heavy atom. The van der Waals surface area contributed by atoms with Gasteiger partial charge in [0.15, 0.2) is 0 Å². The molecule has 128 valence electrons. The van der Waals surface area contributed by atoms with Crippen LogP contribution in [0.5, 0.6) is 0 Å². The second-order valence-corrected chi connectivity index (χ2v) is 7.78. The normalized spacial score (nSPS) is 12.4. The minimum atomic E-state index is -1.14. The highest BCUT2D eigenvalue weighted by Gasteiger charge is 2.39. The van der Waals surface area contributed by atoms with Crippen LogP contribution < -0.4 is 0 Å². The SMILES string of the molecule is CC(C)(C)OC(=O)N(C(=O)OC(C)(C)C)C(=O)OC(C)(C)C. The molecule has 0 saturated heterocycles. The molecule has 0 atom stereocenters. The number of carbonyl (C=O) groups excluding carboxylic acids is 3. The van der Waals surface area contributed by atoms with E-state index >= 15 is 0 Å². The van der Waals surface area contributed by atoms with E-state index < -0.39 is 35.1 Å². The predicted octanol–water partition coefficient (Wildman–Crippen LogP) is 4.09. The molecule has 0 aromatic carbocycles. The Kier molecular flexibility index (Phi) is 6.01. The first kappa shape index (κ1) is 20.2. The molecule has 0 saturated carbocycles. The zero-order valence-electron chi connectivity index (χ0n) is 14.9. The van der Waals surface area contributed by atoms with Crippen LogP contribution in [0.2, 0.25) is 0 Å². The summed E-state index contributed by atoms with van der Waals surface area (Å²) < 4.78 is 15.2. The third-order valence-corrected chi connectivity index (χ3v) is 1.73. The Morgan fingerprint density at radius 2 is 0.727 bits per heavy atom. The van der Waals surface area contributed by atoms with Gasteiger partial charge in [-0.1, -0.05) is 0 Å². The average Bonchev–Trinajstić information content (AvgIpc) is 2.06. The molecule has 0 radical (unpaired) electrons. The highest BCUT2D eigenvalue weighted by Crippen LogP contribution is 2.17. The lowest BCUT2D eigenvalue weighted by atomic mass is 10.2. The number of carbonyl (C=O) groups is 3. The zero-order valence-corrected chi connectivity index (χ0v) is 14.9. The molecule has 0 N–H and O–H groups in total. The molecule has 0 rings (SSSR count). The summed E-state index contributed by atoms with van der Waals surface area (Å²) >= 11 is 0. The van der Waals surface area contributed by atoms with Gasteiger partial charge in [-0.05, 0) is 62.3 Å². The molecule has 22 heavy (non-hydrogen) atoms. The van der Waals surface area contributed by atoms with Crippen LogP contribution >= 0.6 is 0 Å². The summed E-state index contributed by atoms with van der Waals surface area (Å²) in [7, 11) is 0. The van der Waals surface area contributed by atoms with Gasteiger partial charge in [0.2, 0.25) is 0 Å². The van der Waals surface area contributed by atoms with Gasteiger partial charge in [-0.2, -0.15) is 0 Å². The second kappa shape index (κ2) is 6.54. The number of amides is 3. The van der Waals surface area contributed by atoms with Crippen molar-refractivity contribution in [1.29, 1.82) is 0 Å². The summed E-state index contributed by atoms with van der Waals surface area (Å²) in [5.74, 6) is 0. The molecule has 0 bridgehead atoms. The van der Waals surface area contributed by atoms with Gasteiger partial charge in [0.05, 0.1) is 0 Å². The lowest BCUT2D eigenvalue weighted by Crippen LogP contribution is -2.48. The molecule has 0 fully saturated rings. The van der Waals surface area contributed by atoms with E-state index in [1.54, 1.807) is 62.3 Å². The second-order valence-electron chi connectivity index (χ2n) is 7.78. The van der Waals surface area contributed by atoms with Crippen molar-refractivity contribution in [3.05, 3.63) is 0 Å². The van der Waals surface area contributed by atoms with Crippen LogP contribution in [0, 0.1) is 0 Å². The highest BCUT2D eigenvalue weighted by atomic mass is 16.6. The van der Waals surface area contributed by atoms with Crippen LogP contribution in [-0.4, -0.2) is 40.0 Å². The molecule has 0 aromatic heterocycles. The van der Waals surface area contributed by atoms with E-state index in [0.717, 1.165) is 0 Å². The van der Waals surface area contributed by atoms with Crippen LogP contribution in [0.25, 0.3) is 0 Å². The Hall–Kier alpha value is -1.79. The van der Waals surface area contributed by atoms with Crippen molar-refractivity contribution in [2.24, 2.45) is 0 Å². The van der Waals surface area contributed by atoms with Crippen LogP contribution in [0.4, 0.5) is 14.4 Å². The monoisotopic (exact) mass is 317 g/mol. The molecule has 0 aliphatic carbocycles. The van der Waals surface area contributed by atoms with Crippen molar-refractivity contribution >= 4 is 18.3 Å². The lowest BCUT2D eigenvalue weighted by Gasteiger charge is -2.29. The molecule has 0 spiro atoms. The van der Waals surface area contributed by atoms with Gasteiger partial charge in [0.1, 0.15) is 16.8 Å². The standard InChI is InChI=1S/C15H27NO6/c1-13(2,3)20-10(17)16(11(18)21-14(4,5)6)12(19)22-15(7,8)9/h1-9H3. The van der Waals surface area contributed by atoms with Crippen LogP contribution in [0.15, 0.2) is 0 Å². The van der Waals surface area contributed by atoms with Crippen molar-refractivity contribution in [3.8, 4) is 0 Å². The molecule has 0 aliphatic heterocycles. The van der Waals surface area contributed by atoms with Crippen LogP contribution in [0.1, 0.15) is 62.3 Å². The number of ether oxygens (including phenoxy) is 3. The third-order valence-electron chi connectivity index (χ3n) is 1.73. The largest absolute Gasteiger partial charge is 0.443 e. The molecule has 0 heterocycles. The van der Waals surface area contributed by atoms with Crippen molar-refractivity contribution in [1.82, 2.24) is 4.90 Å². The molecular weight excluding hydrogens is 290 g/mol. The van der Waals surface area contributed by atoms with Gasteiger partial charge in [0, 0.05) is 0 Å². The smallest absolute Gasteiger partial charge is 0.429 e. The maximum Gasteiger partial charge on any atom is 0.429 e. The summed E-state index contributed by atoms with van der Waals surface area (Å²) in [6.45, 7) is 14.6. The fourth-order valence-corrected chi connectivity index (χ4v) is 1.15. The lowest BCUT2D eigenvalue weighted by molar-refractivity contribution is -0.0128. The van der Waals surface area contributed by atoms with E-state index in [1.807, 2.05) is 0 Å². The van der Waals surface area contributed by atoms with E-state index in [1.165, 1.54) is 0 Å². The third kappa shape index (κ3) is 8.49. The summed E-state index contributed by atoms with van der Waals surface area (Å²) in [6, 6.07) is 0. The number of hydrogen-bond acceptors (Lipinski definition) is 6. The van der Waals surface area contributed by atoms with Crippen molar-refractivity contribution in [2.75, 3.05) is 0 Å². The summed E-state index contributed by atoms with van der Waals surface area (Å²) in [6.07, 6.45) is -3.43. The van der Waals surface area contributed by atoms with Crippen molar-refractivity contribution in [3.63, 3.8) is 0 Å². The first-order valence-electron chi connectivity index (χ1n) is 7.01. The summed E-state index contributed by atoms with van der Waals surface area (Å²) in [4.78, 5) is 36.6. The quantitative estimate of drug-likeness (QED) is 0.626. The Balaban J connectivity index is 5.36. The molecular formula is C15H27NO6. The fourth-order valence-electron chi connectivity index (χ4n) is 1.15. The average molecular weight is 317 g/mol. The number of nitrogens with zero attached hydrogens (tertiary/aromatic N) is 1. The predicted molar refractivity (Wildman–Crippen MR) is 80.5 cm³/mol. The molecule has 3 amide bonds. The van der Waals surface area contributed by atoms with Gasteiger partial charge >= 0.3 is 18.3 Å². The minimum absolute atomic E-state index is 0.224. The van der Waals surface area contributed by atoms with Gasteiger partial charge in [-0.3, -0.25) is 0 Å². The van der Waals surface area contributed by atoms with Gasteiger partial charge < -0.3 is 14.2 Å². The van der Waals surface area contributed by atoms with Gasteiger partial charge in [-0.25, -0.2) is 14.4 Å². The van der Waals surface area contributed by atoms with Crippen molar-refractivity contribution < 1.29 is 28.6 Å². The molecule has 7 heteroatoms. The van der Waals surface area contributed by atoms with Crippen molar-refractivity contribution in [2.45, 2.75) is 79.1 Å². The van der Waals surface area contributed by atoms with E-state index in [2.05, 4.69) is 0 Å². The summed E-state index contributed by atoms with van der Waals surface area (Å²) in [5, 5.41) is 0. The Bertz CT molecular complexity index is 370. The number of rotatable bonds is 0. The van der Waals surface area contributed by atoms with E-state index in [9.17, 15) is 14.4 Å². The van der Waals surface area contributed by atoms with Crippen LogP contribution in [0.3, 0.4) is 0 Å².